The first kappa shape index (κ1) is 21.9. The van der Waals surface area contributed by atoms with Crippen LogP contribution in [0.1, 0.15) is 30.4 Å². The predicted molar refractivity (Wildman–Crippen MR) is 124 cm³/mol. The SMILES string of the molecule is COc1cc(NC(=O)NCCC(c2ccccc2)c2ccccc2)ccc1NC(C)=O. The Hall–Kier alpha value is -3.80. The molecule has 6 nitrogen and oxygen atoms in total. The largest absolute Gasteiger partial charge is 0.494 e. The van der Waals surface area contributed by atoms with E-state index in [0.717, 1.165) is 6.42 Å². The number of urea groups is 1. The zero-order valence-electron chi connectivity index (χ0n) is 17.7. The van der Waals surface area contributed by atoms with Gasteiger partial charge < -0.3 is 20.7 Å². The van der Waals surface area contributed by atoms with E-state index in [2.05, 4.69) is 40.2 Å². The van der Waals surface area contributed by atoms with Crippen LogP contribution in [0.2, 0.25) is 0 Å². The number of carbonyl (C=O) groups is 2. The molecule has 0 radical (unpaired) electrons. The van der Waals surface area contributed by atoms with Crippen molar-refractivity contribution < 1.29 is 14.3 Å². The van der Waals surface area contributed by atoms with Crippen LogP contribution in [0.4, 0.5) is 16.2 Å². The third-order valence-corrected chi connectivity index (χ3v) is 4.89. The van der Waals surface area contributed by atoms with Gasteiger partial charge in [-0.1, -0.05) is 60.7 Å². The Morgan fingerprint density at radius 3 is 2.03 bits per heavy atom. The second kappa shape index (κ2) is 10.8. The predicted octanol–water partition coefficient (Wildman–Crippen LogP) is 5.00. The van der Waals surface area contributed by atoms with Gasteiger partial charge in [-0.15, -0.1) is 0 Å². The molecule has 3 aromatic rings. The highest BCUT2D eigenvalue weighted by atomic mass is 16.5. The maximum Gasteiger partial charge on any atom is 0.319 e. The second-order valence-corrected chi connectivity index (χ2v) is 7.14. The molecule has 0 heterocycles. The summed E-state index contributed by atoms with van der Waals surface area (Å²) in [6.45, 7) is 1.94. The highest BCUT2D eigenvalue weighted by Crippen LogP contribution is 2.29. The highest BCUT2D eigenvalue weighted by molar-refractivity contribution is 5.93. The molecule has 3 amide bonds. The number of hydrogen-bond donors (Lipinski definition) is 3. The summed E-state index contributed by atoms with van der Waals surface area (Å²) in [5, 5.41) is 8.42. The number of ether oxygens (including phenoxy) is 1. The molecule has 3 N–H and O–H groups in total. The van der Waals surface area contributed by atoms with Crippen molar-refractivity contribution in [1.29, 1.82) is 0 Å². The van der Waals surface area contributed by atoms with Crippen molar-refractivity contribution in [3.63, 3.8) is 0 Å². The molecule has 0 aliphatic carbocycles. The molecule has 0 atom stereocenters. The minimum atomic E-state index is -0.297. The topological polar surface area (TPSA) is 79.5 Å². The number of carbonyl (C=O) groups excluding carboxylic acids is 2. The van der Waals surface area contributed by atoms with Gasteiger partial charge in [-0.05, 0) is 29.7 Å². The Morgan fingerprint density at radius 2 is 1.48 bits per heavy atom. The summed E-state index contributed by atoms with van der Waals surface area (Å²) < 4.78 is 5.29. The third-order valence-electron chi connectivity index (χ3n) is 4.89. The Bertz CT molecular complexity index is 968. The van der Waals surface area contributed by atoms with Crippen molar-refractivity contribution >= 4 is 23.3 Å². The number of amides is 3. The molecule has 0 saturated carbocycles. The standard InChI is InChI=1S/C25H27N3O3/c1-18(29)27-23-14-13-21(17-24(23)31-2)28-25(30)26-16-15-22(19-9-5-3-6-10-19)20-11-7-4-8-12-20/h3-14,17,22H,15-16H2,1-2H3,(H,27,29)(H2,26,28,30). The van der Waals surface area contributed by atoms with Gasteiger partial charge in [0, 0.05) is 31.1 Å². The molecule has 3 rings (SSSR count). The van der Waals surface area contributed by atoms with Gasteiger partial charge in [0.15, 0.2) is 0 Å². The van der Waals surface area contributed by atoms with E-state index in [1.807, 2.05) is 36.4 Å². The summed E-state index contributed by atoms with van der Waals surface area (Å²) in [4.78, 5) is 23.7. The molecule has 0 fully saturated rings. The quantitative estimate of drug-likeness (QED) is 0.483. The lowest BCUT2D eigenvalue weighted by atomic mass is 9.88. The van der Waals surface area contributed by atoms with E-state index in [-0.39, 0.29) is 17.9 Å². The van der Waals surface area contributed by atoms with Gasteiger partial charge in [0.2, 0.25) is 5.91 Å². The van der Waals surface area contributed by atoms with Gasteiger partial charge in [-0.25, -0.2) is 4.79 Å². The van der Waals surface area contributed by atoms with Crippen molar-refractivity contribution in [2.45, 2.75) is 19.3 Å². The molecular formula is C25H27N3O3. The second-order valence-electron chi connectivity index (χ2n) is 7.14. The van der Waals surface area contributed by atoms with E-state index in [1.54, 1.807) is 18.2 Å². The summed E-state index contributed by atoms with van der Waals surface area (Å²) in [5.41, 5.74) is 3.56. The molecule has 3 aromatic carbocycles. The van der Waals surface area contributed by atoms with Gasteiger partial charge in [0.25, 0.3) is 0 Å². The molecule has 6 heteroatoms. The van der Waals surface area contributed by atoms with Crippen LogP contribution in [0.3, 0.4) is 0 Å². The maximum absolute atomic E-state index is 12.4. The zero-order valence-corrected chi connectivity index (χ0v) is 17.7. The Balaban J connectivity index is 1.60. The molecule has 160 valence electrons. The van der Waals surface area contributed by atoms with E-state index in [0.29, 0.717) is 23.7 Å². The number of methoxy groups -OCH3 is 1. The summed E-state index contributed by atoms with van der Waals surface area (Å²) in [6.07, 6.45) is 0.770. The average Bonchev–Trinajstić information content (AvgIpc) is 2.78. The van der Waals surface area contributed by atoms with Crippen LogP contribution >= 0.6 is 0 Å². The minimum Gasteiger partial charge on any atom is -0.494 e. The molecule has 0 aromatic heterocycles. The van der Waals surface area contributed by atoms with Crippen molar-refractivity contribution in [3.8, 4) is 5.75 Å². The van der Waals surface area contributed by atoms with Gasteiger partial charge >= 0.3 is 6.03 Å². The van der Waals surface area contributed by atoms with Gasteiger partial charge in [0.1, 0.15) is 5.75 Å². The molecular weight excluding hydrogens is 390 g/mol. The maximum atomic E-state index is 12.4. The van der Waals surface area contributed by atoms with Crippen LogP contribution in [-0.2, 0) is 4.79 Å². The van der Waals surface area contributed by atoms with Gasteiger partial charge in [0.05, 0.1) is 12.8 Å². The van der Waals surface area contributed by atoms with E-state index in [9.17, 15) is 9.59 Å². The first-order chi connectivity index (χ1) is 15.1. The van der Waals surface area contributed by atoms with Crippen LogP contribution in [0.25, 0.3) is 0 Å². The number of benzene rings is 3. The Kier molecular flexibility index (Phi) is 7.65. The number of anilines is 2. The monoisotopic (exact) mass is 417 g/mol. The molecule has 0 aliphatic rings. The van der Waals surface area contributed by atoms with Crippen molar-refractivity contribution in [2.24, 2.45) is 0 Å². The molecule has 0 saturated heterocycles. The Labute approximate surface area is 182 Å². The van der Waals surface area contributed by atoms with Crippen LogP contribution in [-0.4, -0.2) is 25.6 Å². The normalized spacial score (nSPS) is 10.4. The molecule has 0 unspecified atom stereocenters. The zero-order chi connectivity index (χ0) is 22.1. The van der Waals surface area contributed by atoms with E-state index < -0.39 is 0 Å². The number of nitrogens with one attached hydrogen (secondary N) is 3. The lowest BCUT2D eigenvalue weighted by Gasteiger charge is -2.18. The van der Waals surface area contributed by atoms with Crippen LogP contribution in [0, 0.1) is 0 Å². The van der Waals surface area contributed by atoms with Gasteiger partial charge in [-0.2, -0.15) is 0 Å². The highest BCUT2D eigenvalue weighted by Gasteiger charge is 2.14. The fraction of sp³-hybridized carbons (Fsp3) is 0.200. The van der Waals surface area contributed by atoms with Crippen LogP contribution in [0.15, 0.2) is 78.9 Å². The minimum absolute atomic E-state index is 0.192. The first-order valence-corrected chi connectivity index (χ1v) is 10.2. The van der Waals surface area contributed by atoms with Crippen molar-refractivity contribution in [3.05, 3.63) is 90.0 Å². The Morgan fingerprint density at radius 1 is 0.871 bits per heavy atom. The number of hydrogen-bond acceptors (Lipinski definition) is 3. The van der Waals surface area contributed by atoms with Crippen molar-refractivity contribution in [1.82, 2.24) is 5.32 Å². The molecule has 31 heavy (non-hydrogen) atoms. The summed E-state index contributed by atoms with van der Waals surface area (Å²) in [7, 11) is 1.51. The first-order valence-electron chi connectivity index (χ1n) is 10.2. The number of rotatable bonds is 8. The summed E-state index contributed by atoms with van der Waals surface area (Å²) >= 11 is 0. The van der Waals surface area contributed by atoms with Crippen LogP contribution in [0.5, 0.6) is 5.75 Å². The van der Waals surface area contributed by atoms with E-state index >= 15 is 0 Å². The molecule has 0 spiro atoms. The lowest BCUT2D eigenvalue weighted by Crippen LogP contribution is -2.30. The van der Waals surface area contributed by atoms with Crippen molar-refractivity contribution in [2.75, 3.05) is 24.3 Å². The molecule has 0 bridgehead atoms. The van der Waals surface area contributed by atoms with Gasteiger partial charge in [-0.3, -0.25) is 4.79 Å². The lowest BCUT2D eigenvalue weighted by molar-refractivity contribution is -0.114. The average molecular weight is 418 g/mol. The smallest absolute Gasteiger partial charge is 0.319 e. The molecule has 0 aliphatic heterocycles. The van der Waals surface area contributed by atoms with E-state index in [1.165, 1.54) is 25.2 Å². The fourth-order valence-electron chi connectivity index (χ4n) is 3.46. The van der Waals surface area contributed by atoms with Crippen LogP contribution < -0.4 is 20.7 Å². The fourth-order valence-corrected chi connectivity index (χ4v) is 3.46. The summed E-state index contributed by atoms with van der Waals surface area (Å²) in [6, 6.07) is 25.4. The summed E-state index contributed by atoms with van der Waals surface area (Å²) in [5.74, 6) is 0.476. The third kappa shape index (κ3) is 6.34. The van der Waals surface area contributed by atoms with E-state index in [4.69, 9.17) is 4.74 Å².